The summed E-state index contributed by atoms with van der Waals surface area (Å²) in [5, 5.41) is 2.50. The van der Waals surface area contributed by atoms with Crippen molar-refractivity contribution in [3.05, 3.63) is 76.0 Å². The topological polar surface area (TPSA) is 65.2 Å². The number of nitrogens with zero attached hydrogens (tertiary/aromatic N) is 1. The van der Waals surface area contributed by atoms with Gasteiger partial charge in [-0.15, -0.1) is 0 Å². The Morgan fingerprint density at radius 2 is 1.82 bits per heavy atom. The van der Waals surface area contributed by atoms with Crippen LogP contribution in [0.3, 0.4) is 0 Å². The minimum absolute atomic E-state index is 0.225. The van der Waals surface area contributed by atoms with Crippen LogP contribution in [-0.2, 0) is 0 Å². The molecule has 146 valence electrons. The van der Waals surface area contributed by atoms with E-state index >= 15 is 0 Å². The number of rotatable bonds is 4. The summed E-state index contributed by atoms with van der Waals surface area (Å²) in [4.78, 5) is 28.5. The van der Waals surface area contributed by atoms with Gasteiger partial charge in [0.1, 0.15) is 5.82 Å². The van der Waals surface area contributed by atoms with Crippen molar-refractivity contribution in [2.75, 3.05) is 11.9 Å². The van der Waals surface area contributed by atoms with E-state index in [4.69, 9.17) is 0 Å². The lowest BCUT2D eigenvalue weighted by molar-refractivity contribution is 0.197. The molecule has 0 radical (unpaired) electrons. The number of amides is 2. The van der Waals surface area contributed by atoms with E-state index in [2.05, 4.69) is 10.3 Å². The standard InChI is InChI=1S/C20H18F3N3O2/c1-3-26(20(28)25-13-6-4-12(21)5-7-13)11(2)15-10-24-19(27)17-14(15)8-9-16(22)18(17)23/h4-11H,3H2,1-2H3,(H,24,27)(H,25,28)/t11-/m0/s1. The fourth-order valence-electron chi connectivity index (χ4n) is 3.14. The molecule has 1 atom stereocenters. The van der Waals surface area contributed by atoms with Crippen LogP contribution in [-0.4, -0.2) is 22.5 Å². The Kier molecular flexibility index (Phi) is 5.39. The molecule has 1 heterocycles. The number of pyridine rings is 1. The molecule has 3 rings (SSSR count). The molecule has 2 amide bonds. The molecule has 0 bridgehead atoms. The number of anilines is 1. The monoisotopic (exact) mass is 389 g/mol. The number of benzene rings is 2. The number of hydrogen-bond donors (Lipinski definition) is 2. The Morgan fingerprint density at radius 1 is 1.14 bits per heavy atom. The number of H-pyrrole nitrogens is 1. The van der Waals surface area contributed by atoms with E-state index in [1.807, 2.05) is 0 Å². The first-order valence-electron chi connectivity index (χ1n) is 8.66. The molecule has 1 aromatic heterocycles. The van der Waals surface area contributed by atoms with Crippen molar-refractivity contribution in [2.24, 2.45) is 0 Å². The SMILES string of the molecule is CCN(C(=O)Nc1ccc(F)cc1)[C@@H](C)c1c[nH]c(=O)c2c(F)c(F)ccc12. The van der Waals surface area contributed by atoms with Gasteiger partial charge in [0.2, 0.25) is 0 Å². The third-order valence-electron chi connectivity index (χ3n) is 4.61. The maximum absolute atomic E-state index is 14.1. The van der Waals surface area contributed by atoms with Gasteiger partial charge in [0.15, 0.2) is 11.6 Å². The average molecular weight is 389 g/mol. The molecule has 0 unspecified atom stereocenters. The minimum Gasteiger partial charge on any atom is -0.328 e. The van der Waals surface area contributed by atoms with Crippen LogP contribution in [0.2, 0.25) is 0 Å². The van der Waals surface area contributed by atoms with Crippen LogP contribution in [0.1, 0.15) is 25.5 Å². The summed E-state index contributed by atoms with van der Waals surface area (Å²) in [5.74, 6) is -2.77. The summed E-state index contributed by atoms with van der Waals surface area (Å²) in [7, 11) is 0. The Labute approximate surface area is 158 Å². The van der Waals surface area contributed by atoms with Crippen molar-refractivity contribution in [3.8, 4) is 0 Å². The zero-order chi connectivity index (χ0) is 20.4. The van der Waals surface area contributed by atoms with Crippen LogP contribution in [0.5, 0.6) is 0 Å². The van der Waals surface area contributed by atoms with E-state index in [9.17, 15) is 22.8 Å². The zero-order valence-electron chi connectivity index (χ0n) is 15.2. The fourth-order valence-corrected chi connectivity index (χ4v) is 3.14. The van der Waals surface area contributed by atoms with Crippen molar-refractivity contribution in [1.29, 1.82) is 0 Å². The molecule has 0 aliphatic carbocycles. The van der Waals surface area contributed by atoms with Gasteiger partial charge in [0, 0.05) is 18.4 Å². The van der Waals surface area contributed by atoms with Crippen LogP contribution in [0.15, 0.2) is 47.4 Å². The maximum Gasteiger partial charge on any atom is 0.322 e. The molecule has 2 aromatic carbocycles. The lowest BCUT2D eigenvalue weighted by Gasteiger charge is -2.29. The van der Waals surface area contributed by atoms with Crippen LogP contribution in [0.4, 0.5) is 23.7 Å². The van der Waals surface area contributed by atoms with Crippen LogP contribution in [0.25, 0.3) is 10.8 Å². The van der Waals surface area contributed by atoms with E-state index < -0.39 is 35.1 Å². The highest BCUT2D eigenvalue weighted by molar-refractivity contribution is 5.91. The van der Waals surface area contributed by atoms with Crippen molar-refractivity contribution in [1.82, 2.24) is 9.88 Å². The molecule has 0 aliphatic heterocycles. The normalized spacial score (nSPS) is 12.0. The van der Waals surface area contributed by atoms with E-state index in [-0.39, 0.29) is 10.8 Å². The van der Waals surface area contributed by atoms with Crippen LogP contribution in [0, 0.1) is 17.5 Å². The molecule has 2 N–H and O–H groups in total. The molecule has 0 aliphatic rings. The quantitative estimate of drug-likeness (QED) is 0.687. The Hall–Kier alpha value is -3.29. The van der Waals surface area contributed by atoms with E-state index in [1.54, 1.807) is 13.8 Å². The predicted octanol–water partition coefficient (Wildman–Crippen LogP) is 4.56. The molecule has 3 aromatic rings. The summed E-state index contributed by atoms with van der Waals surface area (Å²) in [6.07, 6.45) is 1.39. The molecular formula is C20H18F3N3O2. The molecule has 0 saturated heterocycles. The number of halogens is 3. The van der Waals surface area contributed by atoms with Gasteiger partial charge in [-0.2, -0.15) is 0 Å². The predicted molar refractivity (Wildman–Crippen MR) is 101 cm³/mol. The van der Waals surface area contributed by atoms with Crippen LogP contribution < -0.4 is 10.9 Å². The maximum atomic E-state index is 14.1. The van der Waals surface area contributed by atoms with E-state index in [1.165, 1.54) is 41.4 Å². The highest BCUT2D eigenvalue weighted by atomic mass is 19.2. The largest absolute Gasteiger partial charge is 0.328 e. The van der Waals surface area contributed by atoms with Gasteiger partial charge in [0.05, 0.1) is 11.4 Å². The zero-order valence-corrected chi connectivity index (χ0v) is 15.2. The molecule has 0 saturated carbocycles. The third kappa shape index (κ3) is 3.58. The average Bonchev–Trinajstić information content (AvgIpc) is 2.67. The van der Waals surface area contributed by atoms with E-state index in [0.29, 0.717) is 17.8 Å². The summed E-state index contributed by atoms with van der Waals surface area (Å²) in [6, 6.07) is 6.56. The Balaban J connectivity index is 1.97. The second kappa shape index (κ2) is 7.75. The number of hydrogen-bond acceptors (Lipinski definition) is 2. The molecule has 0 spiro atoms. The Bertz CT molecular complexity index is 1080. The molecule has 5 nitrogen and oxygen atoms in total. The smallest absolute Gasteiger partial charge is 0.322 e. The number of aromatic nitrogens is 1. The van der Waals surface area contributed by atoms with Gasteiger partial charge in [-0.1, -0.05) is 6.07 Å². The molecular weight excluding hydrogens is 371 g/mol. The summed E-state index contributed by atoms with van der Waals surface area (Å²) >= 11 is 0. The molecule has 8 heteroatoms. The second-order valence-electron chi connectivity index (χ2n) is 6.26. The lowest BCUT2D eigenvalue weighted by atomic mass is 10.0. The van der Waals surface area contributed by atoms with Gasteiger partial charge in [0.25, 0.3) is 5.56 Å². The second-order valence-corrected chi connectivity index (χ2v) is 6.26. The lowest BCUT2D eigenvalue weighted by Crippen LogP contribution is -2.37. The van der Waals surface area contributed by atoms with Gasteiger partial charge < -0.3 is 15.2 Å². The number of nitrogens with one attached hydrogen (secondary N) is 2. The van der Waals surface area contributed by atoms with Crippen molar-refractivity contribution in [2.45, 2.75) is 19.9 Å². The highest BCUT2D eigenvalue weighted by Crippen LogP contribution is 2.28. The highest BCUT2D eigenvalue weighted by Gasteiger charge is 2.24. The third-order valence-corrected chi connectivity index (χ3v) is 4.61. The first kappa shape index (κ1) is 19.5. The minimum atomic E-state index is -1.23. The van der Waals surface area contributed by atoms with Crippen LogP contribution >= 0.6 is 0 Å². The van der Waals surface area contributed by atoms with Gasteiger partial charge in [-0.3, -0.25) is 4.79 Å². The summed E-state index contributed by atoms with van der Waals surface area (Å²) in [6.45, 7) is 3.77. The number of urea groups is 1. The van der Waals surface area contributed by atoms with Gasteiger partial charge >= 0.3 is 6.03 Å². The first-order chi connectivity index (χ1) is 13.3. The Morgan fingerprint density at radius 3 is 2.46 bits per heavy atom. The van der Waals surface area contributed by atoms with Gasteiger partial charge in [-0.05, 0) is 55.1 Å². The van der Waals surface area contributed by atoms with Crippen molar-refractivity contribution >= 4 is 22.5 Å². The van der Waals surface area contributed by atoms with E-state index in [0.717, 1.165) is 6.07 Å². The number of carbonyl (C=O) groups excluding carboxylic acids is 1. The van der Waals surface area contributed by atoms with Crippen molar-refractivity contribution < 1.29 is 18.0 Å². The molecule has 28 heavy (non-hydrogen) atoms. The molecule has 0 fully saturated rings. The summed E-state index contributed by atoms with van der Waals surface area (Å²) in [5.41, 5.74) is 0.128. The van der Waals surface area contributed by atoms with Crippen molar-refractivity contribution in [3.63, 3.8) is 0 Å². The number of aromatic amines is 1. The number of fused-ring (bicyclic) bond motifs is 1. The van der Waals surface area contributed by atoms with Gasteiger partial charge in [-0.25, -0.2) is 18.0 Å². The number of carbonyl (C=O) groups is 1. The summed E-state index contributed by atoms with van der Waals surface area (Å²) < 4.78 is 40.7. The fraction of sp³-hybridized carbons (Fsp3) is 0.200. The first-order valence-corrected chi connectivity index (χ1v) is 8.66.